The fourth-order valence-electron chi connectivity index (χ4n) is 8.48. The van der Waals surface area contributed by atoms with Gasteiger partial charge in [0.1, 0.15) is 13.2 Å². The highest BCUT2D eigenvalue weighted by atomic mass is 16.6. The van der Waals surface area contributed by atoms with Crippen molar-refractivity contribution in [3.8, 4) is 0 Å². The highest BCUT2D eigenvalue weighted by Gasteiger charge is 2.19. The number of hydrogen-bond donors (Lipinski definition) is 0. The van der Waals surface area contributed by atoms with E-state index in [9.17, 15) is 14.4 Å². The molecule has 6 nitrogen and oxygen atoms in total. The van der Waals surface area contributed by atoms with Crippen LogP contribution in [0.2, 0.25) is 0 Å². The average molecular weight is 1020 g/mol. The van der Waals surface area contributed by atoms with E-state index in [0.29, 0.717) is 19.3 Å². The van der Waals surface area contributed by atoms with E-state index in [1.807, 2.05) is 0 Å². The van der Waals surface area contributed by atoms with Crippen LogP contribution in [0.15, 0.2) is 97.2 Å². The minimum absolute atomic E-state index is 0.0827. The first-order valence-electron chi connectivity index (χ1n) is 30.7. The zero-order valence-corrected chi connectivity index (χ0v) is 47.9. The zero-order valence-electron chi connectivity index (χ0n) is 47.9. The standard InChI is InChI=1S/C67H114O6/c1-4-7-10-13-15-17-19-21-23-25-27-29-31-32-33-34-36-37-39-41-43-45-47-49-51-54-57-60-66(69)72-63-64(62-71-65(68)59-56-53-12-9-6-3)73-67(70)61-58-55-52-50-48-46-44-42-40-38-35-30-28-26-24-22-20-18-16-14-11-8-5-2/h8,11,16,18-19,21-22,24-25,27-28,30-32,38,40,64H,4-7,9-10,12-15,17,20,23,26,29,33-37,39,41-63H2,1-3H3/b11-8-,18-16-,21-19-,24-22-,27-25-,30-28-,32-31-,40-38-. The molecule has 0 saturated carbocycles. The van der Waals surface area contributed by atoms with Crippen LogP contribution < -0.4 is 0 Å². The van der Waals surface area contributed by atoms with Gasteiger partial charge < -0.3 is 14.2 Å². The SMILES string of the molecule is CC/C=C\C/C=C\C/C=C\C/C=C\C/C=C\CCCCCCCCCC(=O)OC(COC(=O)CCCCCCC)COC(=O)CCCCCCCCCCCCCC/C=C\C/C=C\C/C=C\CCCCCCC. The van der Waals surface area contributed by atoms with Gasteiger partial charge in [-0.1, -0.05) is 266 Å². The van der Waals surface area contributed by atoms with E-state index in [1.165, 1.54) is 135 Å². The van der Waals surface area contributed by atoms with Crippen molar-refractivity contribution in [2.24, 2.45) is 0 Å². The lowest BCUT2D eigenvalue weighted by atomic mass is 10.0. The molecule has 0 aromatic carbocycles. The predicted octanol–water partition coefficient (Wildman–Crippen LogP) is 20.9. The molecular formula is C67H114O6. The number of carbonyl (C=O) groups excluding carboxylic acids is 3. The molecule has 0 heterocycles. The lowest BCUT2D eigenvalue weighted by molar-refractivity contribution is -0.167. The third-order valence-electron chi connectivity index (χ3n) is 13.1. The molecule has 0 amide bonds. The maximum absolute atomic E-state index is 12.8. The van der Waals surface area contributed by atoms with Crippen molar-refractivity contribution in [2.75, 3.05) is 13.2 Å². The molecule has 418 valence electrons. The van der Waals surface area contributed by atoms with E-state index in [2.05, 4.69) is 118 Å². The van der Waals surface area contributed by atoms with Gasteiger partial charge in [-0.05, 0) is 103 Å². The summed E-state index contributed by atoms with van der Waals surface area (Å²) in [6.07, 6.45) is 81.7. The Hall–Kier alpha value is -3.67. The van der Waals surface area contributed by atoms with E-state index in [0.717, 1.165) is 116 Å². The summed E-state index contributed by atoms with van der Waals surface area (Å²) in [5, 5.41) is 0. The topological polar surface area (TPSA) is 78.9 Å². The Labute approximate surface area is 451 Å². The third-order valence-corrected chi connectivity index (χ3v) is 13.1. The highest BCUT2D eigenvalue weighted by molar-refractivity contribution is 5.71. The van der Waals surface area contributed by atoms with Crippen LogP contribution in [0.4, 0.5) is 0 Å². The lowest BCUT2D eigenvalue weighted by Crippen LogP contribution is -2.30. The largest absolute Gasteiger partial charge is 0.462 e. The monoisotopic (exact) mass is 1010 g/mol. The Morgan fingerprint density at radius 2 is 0.534 bits per heavy atom. The van der Waals surface area contributed by atoms with E-state index >= 15 is 0 Å². The van der Waals surface area contributed by atoms with Gasteiger partial charge in [-0.3, -0.25) is 14.4 Å². The smallest absolute Gasteiger partial charge is 0.306 e. The predicted molar refractivity (Wildman–Crippen MR) is 316 cm³/mol. The van der Waals surface area contributed by atoms with Crippen LogP contribution in [0.1, 0.15) is 290 Å². The first-order chi connectivity index (χ1) is 36.0. The van der Waals surface area contributed by atoms with Crippen LogP contribution in [0.25, 0.3) is 0 Å². The molecule has 0 aromatic heterocycles. The lowest BCUT2D eigenvalue weighted by Gasteiger charge is -2.18. The van der Waals surface area contributed by atoms with Gasteiger partial charge >= 0.3 is 17.9 Å². The number of esters is 3. The van der Waals surface area contributed by atoms with Crippen LogP contribution in [0.5, 0.6) is 0 Å². The molecule has 0 aliphatic carbocycles. The van der Waals surface area contributed by atoms with Gasteiger partial charge in [-0.25, -0.2) is 0 Å². The Kier molecular flexibility index (Phi) is 57.8. The molecular weight excluding hydrogens is 901 g/mol. The summed E-state index contributed by atoms with van der Waals surface area (Å²) in [5.41, 5.74) is 0. The van der Waals surface area contributed by atoms with Gasteiger partial charge in [-0.2, -0.15) is 0 Å². The van der Waals surface area contributed by atoms with Crippen molar-refractivity contribution in [1.29, 1.82) is 0 Å². The van der Waals surface area contributed by atoms with E-state index in [4.69, 9.17) is 14.2 Å². The van der Waals surface area contributed by atoms with E-state index < -0.39 is 6.10 Å². The second-order valence-electron chi connectivity index (χ2n) is 20.2. The maximum atomic E-state index is 12.8. The molecule has 73 heavy (non-hydrogen) atoms. The number of allylic oxidation sites excluding steroid dienone is 16. The van der Waals surface area contributed by atoms with Crippen LogP contribution in [0, 0.1) is 0 Å². The molecule has 0 aromatic rings. The molecule has 0 spiro atoms. The molecule has 0 saturated heterocycles. The van der Waals surface area contributed by atoms with Crippen molar-refractivity contribution >= 4 is 17.9 Å². The fraction of sp³-hybridized carbons (Fsp3) is 0.716. The Bertz CT molecular complexity index is 1440. The van der Waals surface area contributed by atoms with Gasteiger partial charge in [0.05, 0.1) is 0 Å². The van der Waals surface area contributed by atoms with Crippen LogP contribution >= 0.6 is 0 Å². The number of hydrogen-bond acceptors (Lipinski definition) is 6. The molecule has 0 radical (unpaired) electrons. The minimum Gasteiger partial charge on any atom is -0.462 e. The Morgan fingerprint density at radius 3 is 0.836 bits per heavy atom. The number of rotatable bonds is 55. The van der Waals surface area contributed by atoms with Gasteiger partial charge in [0.25, 0.3) is 0 Å². The quantitative estimate of drug-likeness (QED) is 0.0261. The molecule has 0 N–H and O–H groups in total. The number of ether oxygens (including phenoxy) is 3. The van der Waals surface area contributed by atoms with Crippen molar-refractivity contribution in [3.05, 3.63) is 97.2 Å². The summed E-state index contributed by atoms with van der Waals surface area (Å²) in [5.74, 6) is -0.905. The zero-order chi connectivity index (χ0) is 52.9. The number of unbranched alkanes of at least 4 members (excludes halogenated alkanes) is 28. The highest BCUT2D eigenvalue weighted by Crippen LogP contribution is 2.16. The molecule has 6 heteroatoms. The summed E-state index contributed by atoms with van der Waals surface area (Å²) in [4.78, 5) is 37.9. The van der Waals surface area contributed by atoms with Crippen molar-refractivity contribution in [3.63, 3.8) is 0 Å². The molecule has 0 fully saturated rings. The fourth-order valence-corrected chi connectivity index (χ4v) is 8.48. The molecule has 1 atom stereocenters. The second kappa shape index (κ2) is 60.9. The number of carbonyl (C=O) groups is 3. The summed E-state index contributed by atoms with van der Waals surface area (Å²) in [6.45, 7) is 6.43. The van der Waals surface area contributed by atoms with Crippen LogP contribution in [-0.4, -0.2) is 37.2 Å². The normalized spacial score (nSPS) is 12.8. The summed E-state index contributed by atoms with van der Waals surface area (Å²) >= 11 is 0. The molecule has 1 unspecified atom stereocenters. The average Bonchev–Trinajstić information content (AvgIpc) is 3.39. The first kappa shape index (κ1) is 69.3. The summed E-state index contributed by atoms with van der Waals surface area (Å²) in [7, 11) is 0. The molecule has 0 rings (SSSR count). The first-order valence-corrected chi connectivity index (χ1v) is 30.7. The van der Waals surface area contributed by atoms with Gasteiger partial charge in [-0.15, -0.1) is 0 Å². The third kappa shape index (κ3) is 59.1. The summed E-state index contributed by atoms with van der Waals surface area (Å²) in [6, 6.07) is 0. The maximum Gasteiger partial charge on any atom is 0.306 e. The van der Waals surface area contributed by atoms with Crippen molar-refractivity contribution in [1.82, 2.24) is 0 Å². The van der Waals surface area contributed by atoms with E-state index in [1.54, 1.807) is 0 Å². The van der Waals surface area contributed by atoms with Gasteiger partial charge in [0.2, 0.25) is 0 Å². The van der Waals surface area contributed by atoms with Gasteiger partial charge in [0, 0.05) is 19.3 Å². The van der Waals surface area contributed by atoms with Crippen LogP contribution in [0.3, 0.4) is 0 Å². The Balaban J connectivity index is 4.09. The minimum atomic E-state index is -0.782. The summed E-state index contributed by atoms with van der Waals surface area (Å²) < 4.78 is 16.7. The van der Waals surface area contributed by atoms with Crippen LogP contribution in [-0.2, 0) is 28.6 Å². The Morgan fingerprint density at radius 1 is 0.288 bits per heavy atom. The van der Waals surface area contributed by atoms with E-state index in [-0.39, 0.29) is 31.1 Å². The second-order valence-corrected chi connectivity index (χ2v) is 20.2. The molecule has 0 aliphatic rings. The van der Waals surface area contributed by atoms with Crippen molar-refractivity contribution in [2.45, 2.75) is 297 Å². The molecule has 0 aliphatic heterocycles. The van der Waals surface area contributed by atoms with Crippen molar-refractivity contribution < 1.29 is 28.6 Å². The molecule has 0 bridgehead atoms. The van der Waals surface area contributed by atoms with Gasteiger partial charge in [0.15, 0.2) is 6.10 Å².